The predicted molar refractivity (Wildman–Crippen MR) is 77.9 cm³/mol. The highest BCUT2D eigenvalue weighted by atomic mass is 32.1. The molecule has 0 N–H and O–H groups in total. The van der Waals surface area contributed by atoms with Gasteiger partial charge in [-0.2, -0.15) is 0 Å². The fourth-order valence-corrected chi connectivity index (χ4v) is 3.31. The molecule has 0 atom stereocenters. The smallest absolute Gasteiger partial charge is 0.169 e. The summed E-state index contributed by atoms with van der Waals surface area (Å²) in [6.45, 7) is 1.97. The number of hydrogen-bond acceptors (Lipinski definition) is 3. The summed E-state index contributed by atoms with van der Waals surface area (Å²) in [6.07, 6.45) is 4.17. The largest absolute Gasteiger partial charge is 0.294 e. The van der Waals surface area contributed by atoms with Gasteiger partial charge in [0.1, 0.15) is 5.01 Å². The Morgan fingerprint density at radius 3 is 2.79 bits per heavy atom. The average Bonchev–Trinajstić information content (AvgIpc) is 2.73. The SMILES string of the molecule is Cc1csc(CC(=O)c2ccccc2C2CCC2)n1. The lowest BCUT2D eigenvalue weighted by Crippen LogP contribution is -2.15. The lowest BCUT2D eigenvalue weighted by Gasteiger charge is -2.27. The van der Waals surface area contributed by atoms with Crippen molar-refractivity contribution in [3.63, 3.8) is 0 Å². The van der Waals surface area contributed by atoms with Crippen molar-refractivity contribution >= 4 is 17.1 Å². The van der Waals surface area contributed by atoms with E-state index in [-0.39, 0.29) is 5.78 Å². The van der Waals surface area contributed by atoms with Gasteiger partial charge in [0.15, 0.2) is 5.78 Å². The number of aryl methyl sites for hydroxylation is 1. The maximum Gasteiger partial charge on any atom is 0.169 e. The van der Waals surface area contributed by atoms with Gasteiger partial charge in [-0.25, -0.2) is 4.98 Å². The third kappa shape index (κ3) is 2.61. The number of hydrogen-bond donors (Lipinski definition) is 0. The van der Waals surface area contributed by atoms with Crippen LogP contribution in [-0.2, 0) is 6.42 Å². The second-order valence-corrected chi connectivity index (χ2v) is 6.14. The van der Waals surface area contributed by atoms with Crippen LogP contribution < -0.4 is 0 Å². The van der Waals surface area contributed by atoms with Crippen LogP contribution in [0, 0.1) is 6.92 Å². The van der Waals surface area contributed by atoms with Gasteiger partial charge in [0.05, 0.1) is 6.42 Å². The van der Waals surface area contributed by atoms with Crippen molar-refractivity contribution in [2.45, 2.75) is 38.5 Å². The third-order valence-corrected chi connectivity index (χ3v) is 4.75. The molecule has 98 valence electrons. The molecule has 1 fully saturated rings. The molecule has 0 radical (unpaired) electrons. The molecule has 2 aromatic rings. The molecule has 0 saturated heterocycles. The summed E-state index contributed by atoms with van der Waals surface area (Å²) >= 11 is 1.57. The van der Waals surface area contributed by atoms with E-state index >= 15 is 0 Å². The minimum absolute atomic E-state index is 0.205. The number of aromatic nitrogens is 1. The van der Waals surface area contributed by atoms with Crippen molar-refractivity contribution in [1.82, 2.24) is 4.98 Å². The van der Waals surface area contributed by atoms with Crippen LogP contribution in [0.15, 0.2) is 29.6 Å². The Morgan fingerprint density at radius 1 is 1.37 bits per heavy atom. The van der Waals surface area contributed by atoms with Crippen LogP contribution in [0.5, 0.6) is 0 Å². The first-order valence-corrected chi connectivity index (χ1v) is 7.65. The Balaban J connectivity index is 1.83. The van der Waals surface area contributed by atoms with E-state index in [1.165, 1.54) is 24.8 Å². The summed E-state index contributed by atoms with van der Waals surface area (Å²) < 4.78 is 0. The summed E-state index contributed by atoms with van der Waals surface area (Å²) in [5.74, 6) is 0.801. The van der Waals surface area contributed by atoms with E-state index in [1.54, 1.807) is 11.3 Å². The second kappa shape index (κ2) is 5.25. The molecule has 0 amide bonds. The average molecular weight is 271 g/mol. The molecule has 1 heterocycles. The van der Waals surface area contributed by atoms with E-state index in [2.05, 4.69) is 11.1 Å². The van der Waals surface area contributed by atoms with Gasteiger partial charge in [-0.3, -0.25) is 4.79 Å². The van der Waals surface area contributed by atoms with Crippen LogP contribution in [0.1, 0.15) is 51.8 Å². The second-order valence-electron chi connectivity index (χ2n) is 5.20. The first-order valence-electron chi connectivity index (χ1n) is 6.77. The summed E-state index contributed by atoms with van der Waals surface area (Å²) in [6, 6.07) is 8.08. The lowest BCUT2D eigenvalue weighted by molar-refractivity contribution is 0.0991. The van der Waals surface area contributed by atoms with Gasteiger partial charge in [-0.1, -0.05) is 30.7 Å². The maximum atomic E-state index is 12.5. The van der Waals surface area contributed by atoms with Gasteiger partial charge in [-0.05, 0) is 31.2 Å². The molecule has 0 spiro atoms. The van der Waals surface area contributed by atoms with Gasteiger partial charge in [0.2, 0.25) is 0 Å². The molecule has 1 aliphatic carbocycles. The molecule has 0 bridgehead atoms. The number of thiazole rings is 1. The molecule has 1 aliphatic rings. The molecule has 1 aromatic heterocycles. The minimum atomic E-state index is 0.205. The summed E-state index contributed by atoms with van der Waals surface area (Å²) in [5.41, 5.74) is 3.15. The van der Waals surface area contributed by atoms with Crippen molar-refractivity contribution in [2.24, 2.45) is 0 Å². The van der Waals surface area contributed by atoms with Crippen LogP contribution in [0.4, 0.5) is 0 Å². The molecule has 3 heteroatoms. The molecule has 0 aliphatic heterocycles. The molecule has 0 unspecified atom stereocenters. The molecular weight excluding hydrogens is 254 g/mol. The predicted octanol–water partition coefficient (Wildman–Crippen LogP) is 4.14. The Labute approximate surface area is 117 Å². The zero-order valence-corrected chi connectivity index (χ0v) is 11.9. The van der Waals surface area contributed by atoms with Gasteiger partial charge >= 0.3 is 0 Å². The van der Waals surface area contributed by atoms with Crippen molar-refractivity contribution in [2.75, 3.05) is 0 Å². The van der Waals surface area contributed by atoms with Crippen LogP contribution in [-0.4, -0.2) is 10.8 Å². The highest BCUT2D eigenvalue weighted by molar-refractivity contribution is 7.09. The highest BCUT2D eigenvalue weighted by Gasteiger charge is 2.24. The Bertz CT molecular complexity index is 598. The summed E-state index contributed by atoms with van der Waals surface area (Å²) in [4.78, 5) is 16.8. The van der Waals surface area contributed by atoms with E-state index in [9.17, 15) is 4.79 Å². The number of nitrogens with zero attached hydrogens (tertiary/aromatic N) is 1. The Hall–Kier alpha value is -1.48. The van der Waals surface area contributed by atoms with E-state index in [0.29, 0.717) is 12.3 Å². The maximum absolute atomic E-state index is 12.5. The number of ketones is 1. The molecule has 2 nitrogen and oxygen atoms in total. The zero-order valence-electron chi connectivity index (χ0n) is 11.1. The first-order chi connectivity index (χ1) is 9.24. The highest BCUT2D eigenvalue weighted by Crippen LogP contribution is 2.38. The fraction of sp³-hybridized carbons (Fsp3) is 0.375. The molecule has 1 aromatic carbocycles. The van der Waals surface area contributed by atoms with E-state index < -0.39 is 0 Å². The number of benzene rings is 1. The monoisotopic (exact) mass is 271 g/mol. The molecule has 3 rings (SSSR count). The number of Topliss-reactive ketones (excluding diaryl/α,β-unsaturated/α-hetero) is 1. The Kier molecular flexibility index (Phi) is 3.47. The van der Waals surface area contributed by atoms with Crippen LogP contribution in [0.3, 0.4) is 0 Å². The van der Waals surface area contributed by atoms with Crippen LogP contribution in [0.25, 0.3) is 0 Å². The molecule has 19 heavy (non-hydrogen) atoms. The normalized spacial score (nSPS) is 15.2. The van der Waals surface area contributed by atoms with Gasteiger partial charge in [0, 0.05) is 16.6 Å². The summed E-state index contributed by atoms with van der Waals surface area (Å²) in [5, 5.41) is 2.92. The van der Waals surface area contributed by atoms with E-state index in [4.69, 9.17) is 0 Å². The van der Waals surface area contributed by atoms with E-state index in [0.717, 1.165) is 16.3 Å². The zero-order chi connectivity index (χ0) is 13.2. The molecular formula is C16H17NOS. The van der Waals surface area contributed by atoms with Crippen molar-refractivity contribution in [1.29, 1.82) is 0 Å². The first kappa shape index (κ1) is 12.5. The molecule has 1 saturated carbocycles. The minimum Gasteiger partial charge on any atom is -0.294 e. The number of rotatable bonds is 4. The van der Waals surface area contributed by atoms with E-state index in [1.807, 2.05) is 30.5 Å². The topological polar surface area (TPSA) is 30.0 Å². The van der Waals surface area contributed by atoms with Crippen LogP contribution >= 0.6 is 11.3 Å². The standard InChI is InChI=1S/C16H17NOS/c1-11-10-19-16(17-11)9-15(18)14-8-3-2-7-13(14)12-5-4-6-12/h2-3,7-8,10,12H,4-6,9H2,1H3. The third-order valence-electron chi connectivity index (χ3n) is 3.78. The van der Waals surface area contributed by atoms with Gasteiger partial charge < -0.3 is 0 Å². The lowest BCUT2D eigenvalue weighted by atomic mass is 9.77. The number of carbonyl (C=O) groups excluding carboxylic acids is 1. The fourth-order valence-electron chi connectivity index (χ4n) is 2.54. The van der Waals surface area contributed by atoms with Crippen LogP contribution in [0.2, 0.25) is 0 Å². The van der Waals surface area contributed by atoms with Gasteiger partial charge in [0.25, 0.3) is 0 Å². The summed E-state index contributed by atoms with van der Waals surface area (Å²) in [7, 11) is 0. The van der Waals surface area contributed by atoms with Crippen molar-refractivity contribution in [3.8, 4) is 0 Å². The number of carbonyl (C=O) groups is 1. The van der Waals surface area contributed by atoms with Gasteiger partial charge in [-0.15, -0.1) is 11.3 Å². The van der Waals surface area contributed by atoms with Crippen molar-refractivity contribution in [3.05, 3.63) is 51.5 Å². The Morgan fingerprint density at radius 2 is 2.16 bits per heavy atom. The van der Waals surface area contributed by atoms with Crippen molar-refractivity contribution < 1.29 is 4.79 Å². The quantitative estimate of drug-likeness (QED) is 0.782.